The number of rotatable bonds is 3. The van der Waals surface area contributed by atoms with Gasteiger partial charge in [0.25, 0.3) is 0 Å². The lowest BCUT2D eigenvalue weighted by molar-refractivity contribution is 0.196. The number of nitrogens with zero attached hydrogens (tertiary/aromatic N) is 1. The van der Waals surface area contributed by atoms with E-state index in [1.165, 1.54) is 18.4 Å². The number of amides is 2. The average Bonchev–Trinajstić information content (AvgIpc) is 2.76. The van der Waals surface area contributed by atoms with Crippen molar-refractivity contribution in [3.05, 3.63) is 29.3 Å². The van der Waals surface area contributed by atoms with Gasteiger partial charge in [0.15, 0.2) is 0 Å². The maximum atomic E-state index is 12.4. The molecule has 0 aromatic heterocycles. The van der Waals surface area contributed by atoms with Crippen molar-refractivity contribution in [2.75, 3.05) is 20.2 Å². The van der Waals surface area contributed by atoms with Crippen LogP contribution in [0, 0.1) is 6.92 Å². The Morgan fingerprint density at radius 1 is 1.24 bits per heavy atom. The zero-order valence-electron chi connectivity index (χ0n) is 13.3. The second-order valence-corrected chi connectivity index (χ2v) is 5.82. The largest absolute Gasteiger partial charge is 0.496 e. The summed E-state index contributed by atoms with van der Waals surface area (Å²) < 4.78 is 5.40. The lowest BCUT2D eigenvalue weighted by Crippen LogP contribution is -2.41. The Kier molecular flexibility index (Phi) is 5.48. The molecule has 0 saturated carbocycles. The van der Waals surface area contributed by atoms with Crippen molar-refractivity contribution in [2.45, 2.75) is 45.6 Å². The van der Waals surface area contributed by atoms with Crippen LogP contribution in [0.5, 0.6) is 5.75 Å². The minimum atomic E-state index is -0.0596. The first-order chi connectivity index (χ1) is 10.1. The number of carbonyl (C=O) groups excluding carboxylic acids is 1. The van der Waals surface area contributed by atoms with E-state index in [2.05, 4.69) is 11.4 Å². The van der Waals surface area contributed by atoms with E-state index in [0.29, 0.717) is 0 Å². The Labute approximate surface area is 127 Å². The molecule has 2 amide bonds. The van der Waals surface area contributed by atoms with E-state index in [-0.39, 0.29) is 12.1 Å². The Hall–Kier alpha value is -1.71. The lowest BCUT2D eigenvalue weighted by atomic mass is 10.0. The van der Waals surface area contributed by atoms with Crippen LogP contribution in [-0.4, -0.2) is 31.1 Å². The third-order valence-corrected chi connectivity index (χ3v) is 4.08. The molecule has 1 saturated heterocycles. The number of hydrogen-bond acceptors (Lipinski definition) is 2. The van der Waals surface area contributed by atoms with Crippen molar-refractivity contribution in [3.8, 4) is 5.75 Å². The van der Waals surface area contributed by atoms with Gasteiger partial charge in [0, 0.05) is 18.7 Å². The zero-order chi connectivity index (χ0) is 15.2. The van der Waals surface area contributed by atoms with Gasteiger partial charge < -0.3 is 15.0 Å². The minimum absolute atomic E-state index is 0.0351. The first-order valence-electron chi connectivity index (χ1n) is 7.82. The first-order valence-corrected chi connectivity index (χ1v) is 7.82. The molecule has 0 bridgehead atoms. The summed E-state index contributed by atoms with van der Waals surface area (Å²) in [5.74, 6) is 0.823. The highest BCUT2D eigenvalue weighted by Gasteiger charge is 2.19. The van der Waals surface area contributed by atoms with Gasteiger partial charge in [-0.1, -0.05) is 30.5 Å². The molecule has 1 aliphatic rings. The normalized spacial score (nSPS) is 17.0. The quantitative estimate of drug-likeness (QED) is 0.923. The minimum Gasteiger partial charge on any atom is -0.496 e. The number of urea groups is 1. The molecule has 0 aliphatic carbocycles. The number of hydrogen-bond donors (Lipinski definition) is 1. The van der Waals surface area contributed by atoms with Crippen LogP contribution in [0.15, 0.2) is 18.2 Å². The monoisotopic (exact) mass is 290 g/mol. The second-order valence-electron chi connectivity index (χ2n) is 5.82. The van der Waals surface area contributed by atoms with Gasteiger partial charge in [-0.3, -0.25) is 0 Å². The number of carbonyl (C=O) groups is 1. The number of nitrogens with one attached hydrogen (secondary N) is 1. The maximum Gasteiger partial charge on any atom is 0.317 e. The molecule has 1 fully saturated rings. The van der Waals surface area contributed by atoms with Crippen LogP contribution in [0.1, 0.15) is 49.8 Å². The fraction of sp³-hybridized carbons (Fsp3) is 0.588. The average molecular weight is 290 g/mol. The van der Waals surface area contributed by atoms with Gasteiger partial charge in [-0.15, -0.1) is 0 Å². The van der Waals surface area contributed by atoms with Crippen LogP contribution < -0.4 is 10.1 Å². The van der Waals surface area contributed by atoms with Gasteiger partial charge in [0.05, 0.1) is 13.2 Å². The van der Waals surface area contributed by atoms with Crippen molar-refractivity contribution in [1.82, 2.24) is 10.2 Å². The topological polar surface area (TPSA) is 41.6 Å². The van der Waals surface area contributed by atoms with E-state index < -0.39 is 0 Å². The second kappa shape index (κ2) is 7.34. The van der Waals surface area contributed by atoms with Crippen molar-refractivity contribution >= 4 is 6.03 Å². The molecule has 21 heavy (non-hydrogen) atoms. The molecule has 1 aromatic carbocycles. The summed E-state index contributed by atoms with van der Waals surface area (Å²) >= 11 is 0. The standard InChI is InChI=1S/C17H26N2O2/c1-13-8-9-16(21-3)15(12-13)14(2)18-17(20)19-10-6-4-5-7-11-19/h8-9,12,14H,4-7,10-11H2,1-3H3,(H,18,20). The smallest absolute Gasteiger partial charge is 0.317 e. The van der Waals surface area contributed by atoms with Crippen LogP contribution >= 0.6 is 0 Å². The van der Waals surface area contributed by atoms with Crippen molar-refractivity contribution in [2.24, 2.45) is 0 Å². The summed E-state index contributed by atoms with van der Waals surface area (Å²) in [6, 6.07) is 6.03. The number of benzene rings is 1. The lowest BCUT2D eigenvalue weighted by Gasteiger charge is -2.24. The van der Waals surface area contributed by atoms with E-state index in [0.717, 1.165) is 37.2 Å². The molecule has 116 valence electrons. The number of aryl methyl sites for hydroxylation is 1. The number of likely N-dealkylation sites (tertiary alicyclic amines) is 1. The van der Waals surface area contributed by atoms with Gasteiger partial charge in [0.2, 0.25) is 0 Å². The summed E-state index contributed by atoms with van der Waals surface area (Å²) in [6.07, 6.45) is 4.67. The maximum absolute atomic E-state index is 12.4. The molecule has 0 spiro atoms. The highest BCUT2D eigenvalue weighted by molar-refractivity contribution is 5.74. The molecule has 4 heteroatoms. The SMILES string of the molecule is COc1ccc(C)cc1C(C)NC(=O)N1CCCCCC1. The van der Waals surface area contributed by atoms with E-state index >= 15 is 0 Å². The Balaban J connectivity index is 2.04. The summed E-state index contributed by atoms with van der Waals surface area (Å²) in [7, 11) is 1.66. The van der Waals surface area contributed by atoms with Crippen LogP contribution in [0.4, 0.5) is 4.79 Å². The van der Waals surface area contributed by atoms with Gasteiger partial charge in [-0.05, 0) is 32.8 Å². The van der Waals surface area contributed by atoms with E-state index in [9.17, 15) is 4.79 Å². The summed E-state index contributed by atoms with van der Waals surface area (Å²) in [5, 5.41) is 3.10. The molecule has 1 N–H and O–H groups in total. The van der Waals surface area contributed by atoms with Crippen molar-refractivity contribution in [3.63, 3.8) is 0 Å². The molecule has 4 nitrogen and oxygen atoms in total. The highest BCUT2D eigenvalue weighted by atomic mass is 16.5. The molecule has 1 aromatic rings. The predicted molar refractivity (Wildman–Crippen MR) is 84.7 cm³/mol. The van der Waals surface area contributed by atoms with E-state index in [1.54, 1.807) is 7.11 Å². The molecular weight excluding hydrogens is 264 g/mol. The van der Waals surface area contributed by atoms with Crippen molar-refractivity contribution in [1.29, 1.82) is 0 Å². The Morgan fingerprint density at radius 3 is 2.52 bits per heavy atom. The first kappa shape index (κ1) is 15.7. The van der Waals surface area contributed by atoms with E-state index in [1.807, 2.05) is 30.9 Å². The van der Waals surface area contributed by atoms with Gasteiger partial charge in [-0.25, -0.2) is 4.79 Å². The highest BCUT2D eigenvalue weighted by Crippen LogP contribution is 2.26. The molecule has 1 heterocycles. The predicted octanol–water partition coefficient (Wildman–Crippen LogP) is 3.65. The van der Waals surface area contributed by atoms with Crippen LogP contribution in [0.2, 0.25) is 0 Å². The molecular formula is C17H26N2O2. The molecule has 1 aliphatic heterocycles. The van der Waals surface area contributed by atoms with Crippen LogP contribution in [-0.2, 0) is 0 Å². The van der Waals surface area contributed by atoms with Crippen LogP contribution in [0.3, 0.4) is 0 Å². The molecule has 1 unspecified atom stereocenters. The van der Waals surface area contributed by atoms with Crippen molar-refractivity contribution < 1.29 is 9.53 Å². The van der Waals surface area contributed by atoms with Gasteiger partial charge in [-0.2, -0.15) is 0 Å². The third-order valence-electron chi connectivity index (χ3n) is 4.08. The fourth-order valence-corrected chi connectivity index (χ4v) is 2.82. The number of ether oxygens (including phenoxy) is 1. The summed E-state index contributed by atoms with van der Waals surface area (Å²) in [6.45, 7) is 5.78. The van der Waals surface area contributed by atoms with Gasteiger partial charge in [0.1, 0.15) is 5.75 Å². The Morgan fingerprint density at radius 2 is 1.90 bits per heavy atom. The summed E-state index contributed by atoms with van der Waals surface area (Å²) in [4.78, 5) is 14.3. The zero-order valence-corrected chi connectivity index (χ0v) is 13.3. The summed E-state index contributed by atoms with van der Waals surface area (Å²) in [5.41, 5.74) is 2.20. The van der Waals surface area contributed by atoms with Crippen LogP contribution in [0.25, 0.3) is 0 Å². The molecule has 1 atom stereocenters. The van der Waals surface area contributed by atoms with E-state index in [4.69, 9.17) is 4.74 Å². The van der Waals surface area contributed by atoms with Gasteiger partial charge >= 0.3 is 6.03 Å². The Bertz CT molecular complexity index is 480. The number of methoxy groups -OCH3 is 1. The fourth-order valence-electron chi connectivity index (χ4n) is 2.82. The third kappa shape index (κ3) is 4.13. The molecule has 2 rings (SSSR count). The molecule has 0 radical (unpaired) electrons.